The number of aromatic nitrogens is 5. The van der Waals surface area contributed by atoms with E-state index >= 15 is 0 Å². The summed E-state index contributed by atoms with van der Waals surface area (Å²) in [6.45, 7) is 9.95. The fourth-order valence-electron chi connectivity index (χ4n) is 6.71. The van der Waals surface area contributed by atoms with Gasteiger partial charge in [0, 0.05) is 49.7 Å². The number of unbranched alkanes of at least 4 members (excludes halogenated alkanes) is 1. The van der Waals surface area contributed by atoms with Crippen molar-refractivity contribution in [2.45, 2.75) is 72.0 Å². The number of Topliss-reactive ketones (excluding diaryl/α,β-unsaturated/α-hetero) is 1. The number of nitrogens with zero attached hydrogens (tertiary/aromatic N) is 7. The average molecular weight is 875 g/mol. The summed E-state index contributed by atoms with van der Waals surface area (Å²) >= 11 is 6.57. The zero-order chi connectivity index (χ0) is 45.1. The summed E-state index contributed by atoms with van der Waals surface area (Å²) in [6, 6.07) is 8.57. The molecule has 0 aliphatic heterocycles. The van der Waals surface area contributed by atoms with Crippen molar-refractivity contribution in [1.29, 1.82) is 0 Å². The molecule has 2 aromatic carbocycles. The number of aryl methyl sites for hydroxylation is 1. The van der Waals surface area contributed by atoms with Crippen LogP contribution >= 0.6 is 11.6 Å². The van der Waals surface area contributed by atoms with E-state index in [9.17, 15) is 18.4 Å². The van der Waals surface area contributed by atoms with Crippen LogP contribution in [-0.4, -0.2) is 106 Å². The Bertz CT molecular complexity index is 2380. The van der Waals surface area contributed by atoms with E-state index in [0.717, 1.165) is 37.9 Å². The molecule has 0 bridgehead atoms. The monoisotopic (exact) mass is 874 g/mol. The van der Waals surface area contributed by atoms with Crippen LogP contribution in [0.5, 0.6) is 11.5 Å². The van der Waals surface area contributed by atoms with Crippen LogP contribution in [0.2, 0.25) is 5.02 Å². The molecule has 17 heteroatoms. The molecule has 0 spiro atoms. The summed E-state index contributed by atoms with van der Waals surface area (Å²) in [6.07, 6.45) is 7.80. The summed E-state index contributed by atoms with van der Waals surface area (Å²) in [5.41, 5.74) is 4.83. The topological polar surface area (TPSA) is 152 Å². The second-order valence-corrected chi connectivity index (χ2v) is 16.4. The Morgan fingerprint density at radius 2 is 1.37 bits per heavy atom. The molecular weight excluding hydrogens is 818 g/mol. The molecule has 14 nitrogen and oxygen atoms in total. The Morgan fingerprint density at radius 1 is 0.806 bits per heavy atom. The summed E-state index contributed by atoms with van der Waals surface area (Å²) in [7, 11) is 9.79. The van der Waals surface area contributed by atoms with Crippen molar-refractivity contribution in [3.05, 3.63) is 88.2 Å². The molecule has 6 rings (SSSR count). The number of hydrogen-bond acceptors (Lipinski definition) is 12. The highest BCUT2D eigenvalue weighted by atomic mass is 35.5. The Kier molecular flexibility index (Phi) is 16.7. The van der Waals surface area contributed by atoms with E-state index < -0.39 is 5.82 Å². The second-order valence-electron chi connectivity index (χ2n) is 16.0. The molecule has 0 radical (unpaired) electrons. The van der Waals surface area contributed by atoms with Crippen LogP contribution in [0.15, 0.2) is 54.6 Å². The standard InChI is InChI=1S/C23H29ClFN5O2.C22H28FN5O2/c1-14(2)32-18-12-15(25)9-10-16(18)28-23-22-20(26-13-27-23)19(24)21(30(22)5)17(31)8-6-7-11-29(3)4;1-14(2)30-20-12-16(23)6-7-18(20)27-21-17-10-15(11-19(17)25-13-26-21)22(29)24-8-5-9-28(3)4/h9-10,12-14H,6-8,11H2,1-5H3,(H,26,27,28);6-7,11-14H,5,8-10H2,1-4H3,(H,24,29)(H,25,26,27). The van der Waals surface area contributed by atoms with Gasteiger partial charge in [0.05, 0.1) is 34.3 Å². The highest BCUT2D eigenvalue weighted by Crippen LogP contribution is 2.37. The lowest BCUT2D eigenvalue weighted by Gasteiger charge is -2.16. The summed E-state index contributed by atoms with van der Waals surface area (Å²) in [5, 5.41) is 9.68. The fraction of sp³-hybridized carbons (Fsp3) is 0.422. The molecule has 3 N–H and O–H groups in total. The number of hydrogen-bond donors (Lipinski definition) is 3. The number of benzene rings is 2. The third-order valence-corrected chi connectivity index (χ3v) is 9.93. The summed E-state index contributed by atoms with van der Waals surface area (Å²) in [4.78, 5) is 46.9. The molecule has 1 aliphatic rings. The molecule has 1 amide bonds. The van der Waals surface area contributed by atoms with Crippen LogP contribution in [0.25, 0.3) is 17.1 Å². The first-order chi connectivity index (χ1) is 29.5. The molecular formula is C45H57ClF2N10O4. The van der Waals surface area contributed by atoms with Gasteiger partial charge < -0.3 is 39.8 Å². The number of ether oxygens (including phenoxy) is 2. The summed E-state index contributed by atoms with van der Waals surface area (Å²) in [5.74, 6) is 0.890. The van der Waals surface area contributed by atoms with Crippen LogP contribution < -0.4 is 25.4 Å². The second kappa shape index (κ2) is 21.9. The van der Waals surface area contributed by atoms with Crippen LogP contribution in [0.1, 0.15) is 75.1 Å². The number of carbonyl (C=O) groups is 2. The van der Waals surface area contributed by atoms with Crippen molar-refractivity contribution in [1.82, 2.24) is 39.6 Å². The zero-order valence-corrected chi connectivity index (χ0v) is 37.7. The van der Waals surface area contributed by atoms with Gasteiger partial charge in [-0.05, 0) is 119 Å². The third-order valence-electron chi connectivity index (χ3n) is 9.57. The number of amides is 1. The Balaban J connectivity index is 0.000000235. The molecule has 1 aliphatic carbocycles. The lowest BCUT2D eigenvalue weighted by molar-refractivity contribution is -0.117. The molecule has 0 fully saturated rings. The lowest BCUT2D eigenvalue weighted by Crippen LogP contribution is -2.28. The normalized spacial score (nSPS) is 12.1. The van der Waals surface area contributed by atoms with E-state index in [1.54, 1.807) is 29.8 Å². The molecule has 332 valence electrons. The van der Waals surface area contributed by atoms with Crippen LogP contribution in [0, 0.1) is 11.6 Å². The predicted octanol–water partition coefficient (Wildman–Crippen LogP) is 8.36. The molecule has 3 aromatic heterocycles. The minimum atomic E-state index is -0.400. The maximum Gasteiger partial charge on any atom is 0.247 e. The SMILES string of the molecule is CC(C)Oc1cc(F)ccc1Nc1ncnc2c(Cl)c(C(=O)CCCCN(C)C)n(C)c12.CC(C)Oc1cc(F)ccc1Nc1ncnc2c1CC(C(=O)NCCCN(C)C)=C2. The van der Waals surface area contributed by atoms with Gasteiger partial charge in [-0.1, -0.05) is 11.6 Å². The molecule has 0 unspecified atom stereocenters. The first kappa shape index (κ1) is 47.3. The van der Waals surface area contributed by atoms with E-state index in [-0.39, 0.29) is 29.7 Å². The number of carbonyl (C=O) groups excluding carboxylic acids is 2. The van der Waals surface area contributed by atoms with E-state index in [0.29, 0.717) is 86.9 Å². The first-order valence-electron chi connectivity index (χ1n) is 20.6. The van der Waals surface area contributed by atoms with Crippen LogP contribution in [0.3, 0.4) is 0 Å². The minimum Gasteiger partial charge on any atom is -0.489 e. The molecule has 62 heavy (non-hydrogen) atoms. The van der Waals surface area contributed by atoms with Gasteiger partial charge in [0.25, 0.3) is 0 Å². The number of anilines is 4. The van der Waals surface area contributed by atoms with Crippen molar-refractivity contribution in [3.63, 3.8) is 0 Å². The van der Waals surface area contributed by atoms with E-state index in [4.69, 9.17) is 21.1 Å². The molecule has 3 heterocycles. The van der Waals surface area contributed by atoms with Crippen molar-refractivity contribution in [3.8, 4) is 11.5 Å². The minimum absolute atomic E-state index is 0.0363. The Morgan fingerprint density at radius 3 is 1.97 bits per heavy atom. The molecule has 0 atom stereocenters. The van der Waals surface area contributed by atoms with Gasteiger partial charge in [0.15, 0.2) is 11.6 Å². The maximum atomic E-state index is 13.8. The van der Waals surface area contributed by atoms with E-state index in [1.165, 1.54) is 36.9 Å². The lowest BCUT2D eigenvalue weighted by atomic mass is 10.1. The number of ketones is 1. The van der Waals surface area contributed by atoms with Crippen molar-refractivity contribution >= 4 is 63.4 Å². The predicted molar refractivity (Wildman–Crippen MR) is 241 cm³/mol. The van der Waals surface area contributed by atoms with Crippen LogP contribution in [-0.2, 0) is 18.3 Å². The van der Waals surface area contributed by atoms with Gasteiger partial charge in [-0.2, -0.15) is 0 Å². The molecule has 5 aromatic rings. The highest BCUT2D eigenvalue weighted by Gasteiger charge is 2.25. The van der Waals surface area contributed by atoms with Gasteiger partial charge in [-0.15, -0.1) is 0 Å². The Hall–Kier alpha value is -5.71. The summed E-state index contributed by atoms with van der Waals surface area (Å²) < 4.78 is 40.6. The van der Waals surface area contributed by atoms with Gasteiger partial charge in [-0.3, -0.25) is 9.59 Å². The van der Waals surface area contributed by atoms with Gasteiger partial charge in [0.1, 0.15) is 58.3 Å². The average Bonchev–Trinajstić information content (AvgIpc) is 3.76. The maximum absolute atomic E-state index is 13.8. The Labute approximate surface area is 367 Å². The number of halogens is 3. The highest BCUT2D eigenvalue weighted by molar-refractivity contribution is 6.38. The largest absolute Gasteiger partial charge is 0.489 e. The van der Waals surface area contributed by atoms with Gasteiger partial charge in [0.2, 0.25) is 5.91 Å². The quantitative estimate of drug-likeness (QED) is 0.0540. The molecule has 0 saturated heterocycles. The fourth-order valence-corrected chi connectivity index (χ4v) is 7.08. The van der Waals surface area contributed by atoms with Gasteiger partial charge in [-0.25, -0.2) is 28.7 Å². The number of fused-ring (bicyclic) bond motifs is 2. The zero-order valence-electron chi connectivity index (χ0n) is 36.9. The number of nitrogens with one attached hydrogen (secondary N) is 3. The van der Waals surface area contributed by atoms with Crippen molar-refractivity contribution in [2.75, 3.05) is 58.5 Å². The van der Waals surface area contributed by atoms with E-state index in [2.05, 4.69) is 45.7 Å². The number of rotatable bonds is 19. The third kappa shape index (κ3) is 12.7. The van der Waals surface area contributed by atoms with Gasteiger partial charge >= 0.3 is 0 Å². The smallest absolute Gasteiger partial charge is 0.247 e. The van der Waals surface area contributed by atoms with Crippen molar-refractivity contribution < 1.29 is 27.8 Å². The van der Waals surface area contributed by atoms with E-state index in [1.807, 2.05) is 55.9 Å². The van der Waals surface area contributed by atoms with Crippen LogP contribution in [0.4, 0.5) is 31.8 Å². The van der Waals surface area contributed by atoms with Crippen molar-refractivity contribution in [2.24, 2.45) is 7.05 Å². The molecule has 0 saturated carbocycles. The first-order valence-corrected chi connectivity index (χ1v) is 21.0.